The highest BCUT2D eigenvalue weighted by Gasteiger charge is 2.20. The van der Waals surface area contributed by atoms with Crippen LogP contribution in [0.4, 0.5) is 0 Å². The molecule has 0 saturated heterocycles. The number of thiophene rings is 1. The first kappa shape index (κ1) is 14.6. The van der Waals surface area contributed by atoms with Crippen molar-refractivity contribution in [3.63, 3.8) is 0 Å². The van der Waals surface area contributed by atoms with Crippen LogP contribution in [0, 0.1) is 0 Å². The maximum atomic E-state index is 13.0. The molecule has 0 saturated carbocycles. The highest BCUT2D eigenvalue weighted by atomic mass is 32.2. The van der Waals surface area contributed by atoms with Gasteiger partial charge in [-0.15, -0.1) is 22.7 Å². The molecule has 5 rings (SSSR count). The van der Waals surface area contributed by atoms with Gasteiger partial charge in [0.1, 0.15) is 9.84 Å². The Balaban J connectivity index is 1.61. The lowest BCUT2D eigenvalue weighted by Gasteiger charge is -2.10. The Bertz CT molecular complexity index is 1090. The molecule has 0 bridgehead atoms. The van der Waals surface area contributed by atoms with E-state index in [9.17, 15) is 4.79 Å². The number of hydrogen-bond acceptors (Lipinski definition) is 6. The first-order valence-electron chi connectivity index (χ1n) is 7.71. The van der Waals surface area contributed by atoms with Crippen molar-refractivity contribution < 1.29 is 0 Å². The minimum Gasteiger partial charge on any atom is -0.292 e. The third kappa shape index (κ3) is 2.30. The zero-order valence-electron chi connectivity index (χ0n) is 12.7. The van der Waals surface area contributed by atoms with Gasteiger partial charge in [0.2, 0.25) is 0 Å². The molecule has 7 heteroatoms. The summed E-state index contributed by atoms with van der Waals surface area (Å²) in [6.45, 7) is 0.487. The second-order valence-corrected chi connectivity index (χ2v) is 9.04. The third-order valence-electron chi connectivity index (χ3n) is 4.23. The molecule has 4 nitrogen and oxygen atoms in total. The van der Waals surface area contributed by atoms with Crippen molar-refractivity contribution in [1.29, 1.82) is 0 Å². The lowest BCUT2D eigenvalue weighted by Crippen LogP contribution is -2.21. The molecule has 0 amide bonds. The number of para-hydroxylation sites is 1. The van der Waals surface area contributed by atoms with Crippen LogP contribution in [0.3, 0.4) is 0 Å². The van der Waals surface area contributed by atoms with Crippen molar-refractivity contribution in [2.75, 3.05) is 5.75 Å². The summed E-state index contributed by atoms with van der Waals surface area (Å²) in [5.74, 6) is 2.10. The monoisotopic (exact) mass is 371 g/mol. The van der Waals surface area contributed by atoms with Gasteiger partial charge in [-0.25, -0.2) is 9.97 Å². The molecule has 4 heterocycles. The van der Waals surface area contributed by atoms with Crippen LogP contribution in [-0.4, -0.2) is 20.3 Å². The van der Waals surface area contributed by atoms with E-state index < -0.39 is 0 Å². The van der Waals surface area contributed by atoms with Crippen LogP contribution in [-0.2, 0) is 18.7 Å². The molecule has 1 aliphatic rings. The molecule has 0 aliphatic carbocycles. The normalized spacial score (nSPS) is 14.3. The van der Waals surface area contributed by atoms with E-state index in [1.165, 1.54) is 10.4 Å². The van der Waals surface area contributed by atoms with Crippen molar-refractivity contribution in [2.45, 2.75) is 18.7 Å². The van der Waals surface area contributed by atoms with Crippen molar-refractivity contribution in [3.8, 4) is 0 Å². The Hall–Kier alpha value is -1.70. The van der Waals surface area contributed by atoms with Crippen molar-refractivity contribution in [3.05, 3.63) is 56.4 Å². The van der Waals surface area contributed by atoms with Crippen LogP contribution in [0.1, 0.15) is 15.4 Å². The summed E-state index contributed by atoms with van der Waals surface area (Å²) in [6, 6.07) is 8.07. The molecule has 0 atom stereocenters. The van der Waals surface area contributed by atoms with Gasteiger partial charge in [-0.3, -0.25) is 9.36 Å². The number of fused-ring (bicyclic) bond motifs is 4. The fourth-order valence-electron chi connectivity index (χ4n) is 3.09. The number of aromatic nitrogens is 3. The van der Waals surface area contributed by atoms with Gasteiger partial charge in [0.15, 0.2) is 0 Å². The van der Waals surface area contributed by atoms with Gasteiger partial charge in [0.25, 0.3) is 5.56 Å². The minimum atomic E-state index is 0.0728. The predicted octanol–water partition coefficient (Wildman–Crippen LogP) is 3.91. The smallest absolute Gasteiger partial charge is 0.262 e. The molecular weight excluding hydrogens is 358 g/mol. The van der Waals surface area contributed by atoms with E-state index in [2.05, 4.69) is 16.0 Å². The molecule has 0 unspecified atom stereocenters. The van der Waals surface area contributed by atoms with Gasteiger partial charge in [-0.05, 0) is 29.9 Å². The van der Waals surface area contributed by atoms with Crippen LogP contribution in [0.2, 0.25) is 0 Å². The zero-order valence-corrected chi connectivity index (χ0v) is 15.1. The van der Waals surface area contributed by atoms with Crippen LogP contribution in [0.5, 0.6) is 0 Å². The summed E-state index contributed by atoms with van der Waals surface area (Å²) < 4.78 is 2.86. The third-order valence-corrected chi connectivity index (χ3v) is 7.56. The fourth-order valence-corrected chi connectivity index (χ4v) is 6.37. The largest absolute Gasteiger partial charge is 0.292 e. The van der Waals surface area contributed by atoms with E-state index in [-0.39, 0.29) is 5.56 Å². The molecule has 0 spiro atoms. The molecule has 4 aromatic rings. The lowest BCUT2D eigenvalue weighted by atomic mass is 10.1. The van der Waals surface area contributed by atoms with E-state index in [1.807, 2.05) is 30.0 Å². The second kappa shape index (κ2) is 5.68. The summed E-state index contributed by atoms with van der Waals surface area (Å²) in [5, 5.41) is 1.78. The first-order valence-corrected chi connectivity index (χ1v) is 10.5. The van der Waals surface area contributed by atoms with Gasteiger partial charge in [-0.1, -0.05) is 12.1 Å². The van der Waals surface area contributed by atoms with Crippen molar-refractivity contribution in [2.24, 2.45) is 0 Å². The minimum absolute atomic E-state index is 0.0728. The van der Waals surface area contributed by atoms with Crippen LogP contribution < -0.4 is 5.56 Å². The van der Waals surface area contributed by atoms with Crippen LogP contribution >= 0.6 is 34.4 Å². The average Bonchev–Trinajstić information content (AvgIpc) is 3.18. The van der Waals surface area contributed by atoms with E-state index in [0.717, 1.165) is 43.4 Å². The molecule has 1 aliphatic heterocycles. The Morgan fingerprint density at radius 3 is 3.04 bits per heavy atom. The standard InChI is InChI=1S/C17H13N3OS3/c21-17-15-10-5-6-22-8-13(10)24-16(15)18-9-20(17)7-14-19-11-3-1-2-4-12(11)23-14/h1-4,9H,5-8H2. The number of aryl methyl sites for hydroxylation is 1. The topological polar surface area (TPSA) is 47.8 Å². The Morgan fingerprint density at radius 2 is 2.12 bits per heavy atom. The van der Waals surface area contributed by atoms with Gasteiger partial charge in [0, 0.05) is 10.6 Å². The highest BCUT2D eigenvalue weighted by molar-refractivity contribution is 7.98. The molecule has 120 valence electrons. The molecule has 3 aromatic heterocycles. The SMILES string of the molecule is O=c1c2c3c(sc2ncn1Cc1nc2ccccc2s1)CSCC3. The fraction of sp³-hybridized carbons (Fsp3) is 0.235. The summed E-state index contributed by atoms with van der Waals surface area (Å²) in [7, 11) is 0. The molecule has 24 heavy (non-hydrogen) atoms. The number of benzene rings is 1. The summed E-state index contributed by atoms with van der Waals surface area (Å²) in [5.41, 5.74) is 2.29. The maximum Gasteiger partial charge on any atom is 0.262 e. The summed E-state index contributed by atoms with van der Waals surface area (Å²) >= 11 is 5.25. The Kier molecular flexibility index (Phi) is 3.46. The van der Waals surface area contributed by atoms with E-state index in [4.69, 9.17) is 0 Å². The molecule has 1 aromatic carbocycles. The Morgan fingerprint density at radius 1 is 1.21 bits per heavy atom. The zero-order chi connectivity index (χ0) is 16.1. The number of rotatable bonds is 2. The van der Waals surface area contributed by atoms with Gasteiger partial charge < -0.3 is 0 Å². The Labute approximate surface area is 150 Å². The average molecular weight is 372 g/mol. The van der Waals surface area contributed by atoms with Crippen LogP contribution in [0.15, 0.2) is 35.4 Å². The quantitative estimate of drug-likeness (QED) is 0.536. The van der Waals surface area contributed by atoms with Gasteiger partial charge >= 0.3 is 0 Å². The first-order chi connectivity index (χ1) is 11.8. The second-order valence-electron chi connectivity index (χ2n) is 5.74. The number of thioether (sulfide) groups is 1. The van der Waals surface area contributed by atoms with Gasteiger partial charge in [-0.2, -0.15) is 11.8 Å². The molecule has 0 radical (unpaired) electrons. The van der Waals surface area contributed by atoms with E-state index in [0.29, 0.717) is 6.54 Å². The van der Waals surface area contributed by atoms with E-state index in [1.54, 1.807) is 33.6 Å². The van der Waals surface area contributed by atoms with Crippen molar-refractivity contribution >= 4 is 54.9 Å². The molecule has 0 fully saturated rings. The van der Waals surface area contributed by atoms with E-state index >= 15 is 0 Å². The number of hydrogen-bond donors (Lipinski definition) is 0. The maximum absolute atomic E-state index is 13.0. The highest BCUT2D eigenvalue weighted by Crippen LogP contribution is 2.35. The lowest BCUT2D eigenvalue weighted by molar-refractivity contribution is 0.745. The summed E-state index contributed by atoms with van der Waals surface area (Å²) in [6.07, 6.45) is 2.65. The molecular formula is C17H13N3OS3. The van der Waals surface area contributed by atoms with Crippen LogP contribution in [0.25, 0.3) is 20.4 Å². The predicted molar refractivity (Wildman–Crippen MR) is 102 cm³/mol. The van der Waals surface area contributed by atoms with Gasteiger partial charge in [0.05, 0.1) is 28.5 Å². The summed E-state index contributed by atoms with van der Waals surface area (Å²) in [4.78, 5) is 24.4. The molecule has 0 N–H and O–H groups in total. The van der Waals surface area contributed by atoms with Crippen molar-refractivity contribution in [1.82, 2.24) is 14.5 Å². The number of thiazole rings is 1. The number of nitrogens with zero attached hydrogens (tertiary/aromatic N) is 3.